The minimum Gasteiger partial charge on any atom is -0.497 e. The van der Waals surface area contributed by atoms with Crippen LogP contribution in [0.3, 0.4) is 0 Å². The molecule has 34 heavy (non-hydrogen) atoms. The van der Waals surface area contributed by atoms with Crippen molar-refractivity contribution in [2.24, 2.45) is 0 Å². The minimum absolute atomic E-state index is 0.139. The first-order valence-corrected chi connectivity index (χ1v) is 13.0. The van der Waals surface area contributed by atoms with E-state index in [-0.39, 0.29) is 16.8 Å². The molecule has 0 aromatic heterocycles. The molecular weight excluding hydrogens is 448 g/mol. The minimum atomic E-state index is -3.71. The third kappa shape index (κ3) is 4.58. The number of carbonyl (C=O) groups excluding carboxylic acids is 1. The molecule has 0 unspecified atom stereocenters. The van der Waals surface area contributed by atoms with Gasteiger partial charge in [0.25, 0.3) is 5.91 Å². The average Bonchev–Trinajstić information content (AvgIpc) is 3.72. The number of nitrogens with zero attached hydrogens (tertiary/aromatic N) is 2. The second-order valence-electron chi connectivity index (χ2n) is 8.90. The Balaban J connectivity index is 1.37. The summed E-state index contributed by atoms with van der Waals surface area (Å²) in [5, 5.41) is 0. The number of fused-ring (bicyclic) bond motifs is 1. The number of sulfonamides is 1. The molecule has 0 atom stereocenters. The predicted octanol–water partition coefficient (Wildman–Crippen LogP) is 4.25. The lowest BCUT2D eigenvalue weighted by atomic mass is 10.0. The van der Waals surface area contributed by atoms with Crippen LogP contribution in [0.2, 0.25) is 0 Å². The number of methoxy groups -OCH3 is 1. The summed E-state index contributed by atoms with van der Waals surface area (Å²) in [5.41, 5.74) is 3.64. The number of benzene rings is 3. The van der Waals surface area contributed by atoms with Crippen LogP contribution >= 0.6 is 0 Å². The largest absolute Gasteiger partial charge is 0.497 e. The highest BCUT2D eigenvalue weighted by Gasteiger charge is 2.34. The summed E-state index contributed by atoms with van der Waals surface area (Å²) in [7, 11) is -2.09. The van der Waals surface area contributed by atoms with Crippen LogP contribution < -0.4 is 4.74 Å². The fourth-order valence-corrected chi connectivity index (χ4v) is 5.93. The lowest BCUT2D eigenvalue weighted by Gasteiger charge is -2.28. The Labute approximate surface area is 200 Å². The predicted molar refractivity (Wildman–Crippen MR) is 130 cm³/mol. The first-order chi connectivity index (χ1) is 16.5. The molecule has 6 nitrogen and oxygen atoms in total. The molecule has 176 valence electrons. The molecule has 0 bridgehead atoms. The quantitative estimate of drug-likeness (QED) is 0.511. The topological polar surface area (TPSA) is 66.9 Å². The van der Waals surface area contributed by atoms with Crippen LogP contribution in [0.25, 0.3) is 0 Å². The van der Waals surface area contributed by atoms with Crippen LogP contribution in [0, 0.1) is 0 Å². The van der Waals surface area contributed by atoms with Crippen molar-refractivity contribution in [3.8, 4) is 5.75 Å². The van der Waals surface area contributed by atoms with E-state index in [1.54, 1.807) is 25.3 Å². The molecule has 1 heterocycles. The Morgan fingerprint density at radius 3 is 2.44 bits per heavy atom. The second kappa shape index (κ2) is 9.24. The molecule has 5 rings (SSSR count). The Morgan fingerprint density at radius 1 is 1.00 bits per heavy atom. The normalized spacial score (nSPS) is 16.0. The summed E-state index contributed by atoms with van der Waals surface area (Å²) < 4.78 is 33.6. The average molecular weight is 477 g/mol. The summed E-state index contributed by atoms with van der Waals surface area (Å²) in [6.07, 6.45) is 2.62. The summed E-state index contributed by atoms with van der Waals surface area (Å²) in [6.45, 7) is 1.26. The van der Waals surface area contributed by atoms with Crippen LogP contribution in [0.5, 0.6) is 5.75 Å². The third-order valence-corrected chi connectivity index (χ3v) is 8.42. The van der Waals surface area contributed by atoms with Crippen molar-refractivity contribution in [3.63, 3.8) is 0 Å². The fraction of sp³-hybridized carbons (Fsp3) is 0.296. The van der Waals surface area contributed by atoms with Crippen LogP contribution in [-0.4, -0.2) is 43.2 Å². The van der Waals surface area contributed by atoms with E-state index in [0.717, 1.165) is 29.7 Å². The zero-order chi connectivity index (χ0) is 23.7. The molecule has 1 fully saturated rings. The molecule has 0 spiro atoms. The van der Waals surface area contributed by atoms with Gasteiger partial charge in [0, 0.05) is 31.2 Å². The lowest BCUT2D eigenvalue weighted by Crippen LogP contribution is -2.36. The van der Waals surface area contributed by atoms with Crippen molar-refractivity contribution in [1.82, 2.24) is 9.21 Å². The number of amides is 1. The molecule has 1 amide bonds. The third-order valence-electron chi connectivity index (χ3n) is 6.57. The van der Waals surface area contributed by atoms with Gasteiger partial charge in [-0.15, -0.1) is 0 Å². The maximum atomic E-state index is 13.5. The molecule has 2 aliphatic rings. The molecule has 1 aliphatic carbocycles. The molecule has 0 N–H and O–H groups in total. The Hall–Kier alpha value is -3.16. The van der Waals surface area contributed by atoms with Crippen LogP contribution in [-0.2, 0) is 29.5 Å². The first kappa shape index (κ1) is 22.6. The number of hydrogen-bond acceptors (Lipinski definition) is 4. The smallest absolute Gasteiger partial charge is 0.254 e. The first-order valence-electron chi connectivity index (χ1n) is 11.6. The van der Waals surface area contributed by atoms with Crippen LogP contribution in [0.1, 0.15) is 39.9 Å². The number of rotatable bonds is 7. The molecule has 1 saturated carbocycles. The van der Waals surface area contributed by atoms with Gasteiger partial charge in [-0.05, 0) is 66.3 Å². The number of carbonyl (C=O) groups is 1. The van der Waals surface area contributed by atoms with Gasteiger partial charge in [-0.25, -0.2) is 8.42 Å². The molecule has 3 aromatic rings. The van der Waals surface area contributed by atoms with Gasteiger partial charge in [-0.1, -0.05) is 42.5 Å². The van der Waals surface area contributed by atoms with Gasteiger partial charge in [-0.3, -0.25) is 4.79 Å². The van der Waals surface area contributed by atoms with E-state index in [1.165, 1.54) is 15.9 Å². The summed E-state index contributed by atoms with van der Waals surface area (Å²) in [4.78, 5) is 15.5. The molecule has 0 saturated heterocycles. The van der Waals surface area contributed by atoms with E-state index in [9.17, 15) is 13.2 Å². The van der Waals surface area contributed by atoms with Gasteiger partial charge >= 0.3 is 0 Å². The fourth-order valence-electron chi connectivity index (χ4n) is 4.46. The van der Waals surface area contributed by atoms with E-state index >= 15 is 0 Å². The van der Waals surface area contributed by atoms with Crippen molar-refractivity contribution >= 4 is 15.9 Å². The van der Waals surface area contributed by atoms with Gasteiger partial charge < -0.3 is 9.64 Å². The molecule has 1 aliphatic heterocycles. The van der Waals surface area contributed by atoms with E-state index in [2.05, 4.69) is 0 Å². The summed E-state index contributed by atoms with van der Waals surface area (Å²) >= 11 is 0. The number of ether oxygens (including phenoxy) is 1. The monoisotopic (exact) mass is 476 g/mol. The van der Waals surface area contributed by atoms with E-state index in [0.29, 0.717) is 31.6 Å². The van der Waals surface area contributed by atoms with Crippen molar-refractivity contribution < 1.29 is 17.9 Å². The van der Waals surface area contributed by atoms with E-state index in [1.807, 2.05) is 53.4 Å². The summed E-state index contributed by atoms with van der Waals surface area (Å²) in [5.74, 6) is 0.630. The zero-order valence-electron chi connectivity index (χ0n) is 19.2. The van der Waals surface area contributed by atoms with Crippen molar-refractivity contribution in [2.45, 2.75) is 43.3 Å². The molecule has 7 heteroatoms. The standard InChI is InChI=1S/C27H28N2O4S/c1-33-25-13-9-20(10-14-25)18-29(24-11-12-24)27(30)22-7-4-8-26(17-22)34(31,32)28-16-15-21-5-2-3-6-23(21)19-28/h2-10,13-14,17,24H,11-12,15-16,18-19H2,1H3. The molecular formula is C27H28N2O4S. The maximum Gasteiger partial charge on any atom is 0.254 e. The van der Waals surface area contributed by atoms with Crippen molar-refractivity contribution in [3.05, 3.63) is 95.1 Å². The van der Waals surface area contributed by atoms with Crippen molar-refractivity contribution in [1.29, 1.82) is 0 Å². The maximum absolute atomic E-state index is 13.5. The summed E-state index contributed by atoms with van der Waals surface area (Å²) in [6, 6.07) is 22.3. The Bertz CT molecular complexity index is 1300. The Kier molecular flexibility index (Phi) is 6.15. The SMILES string of the molecule is COc1ccc(CN(C(=O)c2cccc(S(=O)(=O)N3CCc4ccccc4C3)c2)C2CC2)cc1. The number of hydrogen-bond donors (Lipinski definition) is 0. The molecule has 0 radical (unpaired) electrons. The van der Waals surface area contributed by atoms with Gasteiger partial charge in [0.05, 0.1) is 12.0 Å². The van der Waals surface area contributed by atoms with Gasteiger partial charge in [-0.2, -0.15) is 4.31 Å². The van der Waals surface area contributed by atoms with E-state index in [4.69, 9.17) is 4.74 Å². The lowest BCUT2D eigenvalue weighted by molar-refractivity contribution is 0.0729. The van der Waals surface area contributed by atoms with Crippen LogP contribution in [0.4, 0.5) is 0 Å². The molecule has 3 aromatic carbocycles. The highest BCUT2D eigenvalue weighted by molar-refractivity contribution is 7.89. The van der Waals surface area contributed by atoms with Crippen molar-refractivity contribution in [2.75, 3.05) is 13.7 Å². The van der Waals surface area contributed by atoms with Gasteiger partial charge in [0.1, 0.15) is 5.75 Å². The Morgan fingerprint density at radius 2 is 1.74 bits per heavy atom. The van der Waals surface area contributed by atoms with Crippen LogP contribution in [0.15, 0.2) is 77.7 Å². The van der Waals surface area contributed by atoms with E-state index < -0.39 is 10.0 Å². The van der Waals surface area contributed by atoms with Gasteiger partial charge in [0.2, 0.25) is 10.0 Å². The second-order valence-corrected chi connectivity index (χ2v) is 10.8. The highest BCUT2D eigenvalue weighted by Crippen LogP contribution is 2.31. The zero-order valence-corrected chi connectivity index (χ0v) is 20.0. The highest BCUT2D eigenvalue weighted by atomic mass is 32.2. The van der Waals surface area contributed by atoms with Gasteiger partial charge in [0.15, 0.2) is 0 Å².